The molecule has 2 aliphatic heterocycles. The average molecular weight is 322 g/mol. The summed E-state index contributed by atoms with van der Waals surface area (Å²) in [5.74, 6) is 1.53. The number of carbonyl (C=O) groups excluding carboxylic acids is 1. The summed E-state index contributed by atoms with van der Waals surface area (Å²) in [6.45, 7) is 3.95. The zero-order valence-electron chi connectivity index (χ0n) is 13.9. The van der Waals surface area contributed by atoms with Crippen LogP contribution in [0.1, 0.15) is 25.3 Å². The Morgan fingerprint density at radius 1 is 1.21 bits per heavy atom. The van der Waals surface area contributed by atoms with E-state index in [1.807, 2.05) is 29.2 Å². The van der Waals surface area contributed by atoms with Gasteiger partial charge in [-0.2, -0.15) is 5.10 Å². The summed E-state index contributed by atoms with van der Waals surface area (Å²) in [4.78, 5) is 17.3. The summed E-state index contributed by atoms with van der Waals surface area (Å²) in [5.41, 5.74) is 2.27. The lowest BCUT2D eigenvalue weighted by Crippen LogP contribution is -2.49. The van der Waals surface area contributed by atoms with Crippen molar-refractivity contribution in [2.75, 3.05) is 18.0 Å². The van der Waals surface area contributed by atoms with Crippen LogP contribution in [-0.4, -0.2) is 40.1 Å². The van der Waals surface area contributed by atoms with E-state index in [2.05, 4.69) is 34.2 Å². The van der Waals surface area contributed by atoms with Gasteiger partial charge >= 0.3 is 0 Å². The normalized spacial score (nSPS) is 23.2. The van der Waals surface area contributed by atoms with Gasteiger partial charge in [0.15, 0.2) is 5.82 Å². The van der Waals surface area contributed by atoms with Crippen molar-refractivity contribution >= 4 is 17.4 Å². The summed E-state index contributed by atoms with van der Waals surface area (Å²) in [5, 5.41) is 8.26. The highest BCUT2D eigenvalue weighted by Crippen LogP contribution is 2.38. The minimum Gasteiger partial charge on any atom is -0.341 e. The monoisotopic (exact) mass is 322 g/mol. The molecule has 0 saturated carbocycles. The van der Waals surface area contributed by atoms with Gasteiger partial charge in [0.25, 0.3) is 0 Å². The summed E-state index contributed by atoms with van der Waals surface area (Å²) in [6.07, 6.45) is 4.70. The molecule has 124 valence electrons. The molecule has 24 heavy (non-hydrogen) atoms. The molecular weight excluding hydrogens is 300 g/mol. The lowest BCUT2D eigenvalue weighted by molar-refractivity contribution is -0.134. The zero-order valence-corrected chi connectivity index (χ0v) is 13.9. The van der Waals surface area contributed by atoms with Gasteiger partial charge in [0, 0.05) is 31.4 Å². The Kier molecular flexibility index (Phi) is 3.92. The van der Waals surface area contributed by atoms with E-state index < -0.39 is 0 Å². The number of amides is 1. The molecule has 0 aliphatic carbocycles. The maximum Gasteiger partial charge on any atom is 0.246 e. The van der Waals surface area contributed by atoms with Gasteiger partial charge in [-0.3, -0.25) is 4.79 Å². The molecule has 0 spiro atoms. The molecular formula is C19H22N4O. The van der Waals surface area contributed by atoms with Gasteiger partial charge in [-0.1, -0.05) is 25.1 Å². The number of aromatic nitrogens is 2. The number of nitrogens with zero attached hydrogens (tertiary/aromatic N) is 4. The topological polar surface area (TPSA) is 49.3 Å². The summed E-state index contributed by atoms with van der Waals surface area (Å²) in [6, 6.07) is 11.8. The molecule has 0 radical (unpaired) electrons. The Balaban J connectivity index is 1.68. The molecule has 0 N–H and O–H groups in total. The smallest absolute Gasteiger partial charge is 0.246 e. The lowest BCUT2D eigenvalue weighted by Gasteiger charge is -2.35. The van der Waals surface area contributed by atoms with Crippen molar-refractivity contribution in [3.05, 3.63) is 48.2 Å². The number of carbonyl (C=O) groups is 1. The second-order valence-corrected chi connectivity index (χ2v) is 6.83. The van der Waals surface area contributed by atoms with Crippen LogP contribution in [0, 0.1) is 5.92 Å². The van der Waals surface area contributed by atoms with Crippen molar-refractivity contribution in [1.29, 1.82) is 0 Å². The lowest BCUT2D eigenvalue weighted by atomic mass is 9.99. The molecule has 3 heterocycles. The first-order valence-electron chi connectivity index (χ1n) is 8.67. The van der Waals surface area contributed by atoms with Crippen molar-refractivity contribution in [3.8, 4) is 0 Å². The molecule has 1 aromatic heterocycles. The number of hydrogen-bond donors (Lipinski definition) is 0. The fourth-order valence-corrected chi connectivity index (χ4v) is 3.89. The van der Waals surface area contributed by atoms with E-state index in [0.717, 1.165) is 37.4 Å². The fraction of sp³-hybridized carbons (Fsp3) is 0.421. The van der Waals surface area contributed by atoms with Crippen LogP contribution in [0.4, 0.5) is 11.5 Å². The van der Waals surface area contributed by atoms with E-state index in [4.69, 9.17) is 0 Å². The van der Waals surface area contributed by atoms with Gasteiger partial charge < -0.3 is 9.80 Å². The molecule has 4 rings (SSSR count). The van der Waals surface area contributed by atoms with E-state index in [1.54, 1.807) is 6.20 Å². The van der Waals surface area contributed by atoms with Gasteiger partial charge in [-0.25, -0.2) is 0 Å². The van der Waals surface area contributed by atoms with Crippen LogP contribution in [-0.2, 0) is 11.2 Å². The molecule has 2 aliphatic rings. The van der Waals surface area contributed by atoms with Gasteiger partial charge in [-0.05, 0) is 42.5 Å². The largest absolute Gasteiger partial charge is 0.341 e. The standard InChI is InChI=1S/C19H22N4O/c1-14-6-5-11-22(13-14)19(24)17-12-15-7-2-3-8-16(15)23(17)18-9-4-10-20-21-18/h2-4,7-10,14,17H,5-6,11-13H2,1H3. The number of hydrogen-bond acceptors (Lipinski definition) is 4. The Labute approximate surface area is 142 Å². The van der Waals surface area contributed by atoms with Gasteiger partial charge in [-0.15, -0.1) is 5.10 Å². The number of rotatable bonds is 2. The zero-order chi connectivity index (χ0) is 16.5. The number of likely N-dealkylation sites (tertiary alicyclic amines) is 1. The Hall–Kier alpha value is -2.43. The predicted octanol–water partition coefficient (Wildman–Crippen LogP) is 2.80. The Morgan fingerprint density at radius 3 is 2.88 bits per heavy atom. The molecule has 0 bridgehead atoms. The Bertz CT molecular complexity index is 733. The molecule has 5 heteroatoms. The number of anilines is 2. The Morgan fingerprint density at radius 2 is 2.08 bits per heavy atom. The maximum atomic E-state index is 13.2. The second kappa shape index (κ2) is 6.23. The summed E-state index contributed by atoms with van der Waals surface area (Å²) in [7, 11) is 0. The van der Waals surface area contributed by atoms with E-state index in [-0.39, 0.29) is 11.9 Å². The summed E-state index contributed by atoms with van der Waals surface area (Å²) >= 11 is 0. The van der Waals surface area contributed by atoms with E-state index in [1.165, 1.54) is 12.0 Å². The number of para-hydroxylation sites is 1. The maximum absolute atomic E-state index is 13.2. The van der Waals surface area contributed by atoms with Gasteiger partial charge in [0.2, 0.25) is 5.91 Å². The van der Waals surface area contributed by atoms with E-state index in [0.29, 0.717) is 5.92 Å². The van der Waals surface area contributed by atoms with Crippen molar-refractivity contribution < 1.29 is 4.79 Å². The van der Waals surface area contributed by atoms with Crippen LogP contribution in [0.25, 0.3) is 0 Å². The first-order valence-corrected chi connectivity index (χ1v) is 8.67. The van der Waals surface area contributed by atoms with Crippen LogP contribution in [0.3, 0.4) is 0 Å². The van der Waals surface area contributed by atoms with Crippen molar-refractivity contribution in [3.63, 3.8) is 0 Å². The molecule has 1 amide bonds. The highest BCUT2D eigenvalue weighted by atomic mass is 16.2. The molecule has 2 aromatic rings. The fourth-order valence-electron chi connectivity index (χ4n) is 3.89. The summed E-state index contributed by atoms with van der Waals surface area (Å²) < 4.78 is 0. The van der Waals surface area contributed by atoms with Gasteiger partial charge in [0.05, 0.1) is 0 Å². The van der Waals surface area contributed by atoms with Crippen molar-refractivity contribution in [2.24, 2.45) is 5.92 Å². The van der Waals surface area contributed by atoms with Crippen LogP contribution in [0.5, 0.6) is 0 Å². The average Bonchev–Trinajstić information content (AvgIpc) is 3.01. The van der Waals surface area contributed by atoms with Crippen molar-refractivity contribution in [2.45, 2.75) is 32.2 Å². The molecule has 5 nitrogen and oxygen atoms in total. The number of piperidine rings is 1. The number of benzene rings is 1. The second-order valence-electron chi connectivity index (χ2n) is 6.83. The van der Waals surface area contributed by atoms with E-state index >= 15 is 0 Å². The minimum atomic E-state index is -0.218. The first-order chi connectivity index (χ1) is 11.7. The van der Waals surface area contributed by atoms with E-state index in [9.17, 15) is 4.79 Å². The highest BCUT2D eigenvalue weighted by molar-refractivity contribution is 5.91. The first kappa shape index (κ1) is 15.1. The third-order valence-corrected chi connectivity index (χ3v) is 5.03. The van der Waals surface area contributed by atoms with Crippen LogP contribution < -0.4 is 4.90 Å². The van der Waals surface area contributed by atoms with Crippen molar-refractivity contribution in [1.82, 2.24) is 15.1 Å². The highest BCUT2D eigenvalue weighted by Gasteiger charge is 2.39. The number of fused-ring (bicyclic) bond motifs is 1. The minimum absolute atomic E-state index is 0.211. The third kappa shape index (κ3) is 2.64. The predicted molar refractivity (Wildman–Crippen MR) is 93.1 cm³/mol. The van der Waals surface area contributed by atoms with Crippen LogP contribution in [0.15, 0.2) is 42.6 Å². The van der Waals surface area contributed by atoms with Crippen LogP contribution >= 0.6 is 0 Å². The molecule has 2 atom stereocenters. The molecule has 1 aromatic carbocycles. The molecule has 2 unspecified atom stereocenters. The van der Waals surface area contributed by atoms with Crippen LogP contribution in [0.2, 0.25) is 0 Å². The molecule has 1 fully saturated rings. The molecule has 1 saturated heterocycles. The quantitative estimate of drug-likeness (QED) is 0.853. The SMILES string of the molecule is CC1CCCN(C(=O)C2Cc3ccccc3N2c2cccnn2)C1. The third-order valence-electron chi connectivity index (χ3n) is 5.03. The van der Waals surface area contributed by atoms with Gasteiger partial charge in [0.1, 0.15) is 6.04 Å².